The van der Waals surface area contributed by atoms with Crippen LogP contribution in [0.3, 0.4) is 0 Å². The van der Waals surface area contributed by atoms with Gasteiger partial charge in [-0.05, 0) is 35.4 Å². The van der Waals surface area contributed by atoms with Crippen LogP contribution >= 0.6 is 0 Å². The molecule has 0 N–H and O–H groups in total. The molecule has 1 amide bonds. The summed E-state index contributed by atoms with van der Waals surface area (Å²) >= 11 is 0. The lowest BCUT2D eigenvalue weighted by Crippen LogP contribution is -2.49. The molecule has 2 aromatic carbocycles. The van der Waals surface area contributed by atoms with Crippen LogP contribution in [0.15, 0.2) is 79.0 Å². The number of nitrogens with zero attached hydrogens (tertiary/aromatic N) is 2. The van der Waals surface area contributed by atoms with Gasteiger partial charge in [-0.1, -0.05) is 48.5 Å². The summed E-state index contributed by atoms with van der Waals surface area (Å²) in [7, 11) is 1.66. The number of hydrogen-bond acceptors (Lipinski definition) is 3. The molecule has 1 fully saturated rings. The third-order valence-corrected chi connectivity index (χ3v) is 5.44. The van der Waals surface area contributed by atoms with Crippen LogP contribution in [0, 0.1) is 0 Å². The summed E-state index contributed by atoms with van der Waals surface area (Å²) in [5, 5.41) is 0. The Morgan fingerprint density at radius 3 is 2.32 bits per heavy atom. The van der Waals surface area contributed by atoms with Gasteiger partial charge < -0.3 is 9.64 Å². The predicted molar refractivity (Wildman–Crippen MR) is 109 cm³/mol. The molecule has 1 atom stereocenters. The molecule has 4 nitrogen and oxygen atoms in total. The highest BCUT2D eigenvalue weighted by Crippen LogP contribution is 2.32. The lowest BCUT2D eigenvalue weighted by molar-refractivity contribution is -0.135. The number of aromatic nitrogens is 1. The minimum Gasteiger partial charge on any atom is -0.497 e. The Kier molecular flexibility index (Phi) is 5.38. The molecule has 1 saturated heterocycles. The third-order valence-electron chi connectivity index (χ3n) is 5.44. The topological polar surface area (TPSA) is 42.4 Å². The fourth-order valence-corrected chi connectivity index (χ4v) is 3.74. The SMILES string of the molecule is COc1ccc(C(CC(=O)N2CC(c3ccccn3)C2)c2ccccc2)cc1. The summed E-state index contributed by atoms with van der Waals surface area (Å²) in [6.07, 6.45) is 2.28. The molecule has 1 aromatic heterocycles. The van der Waals surface area contributed by atoms with Gasteiger partial charge in [-0.3, -0.25) is 9.78 Å². The van der Waals surface area contributed by atoms with Crippen molar-refractivity contribution in [1.82, 2.24) is 9.88 Å². The summed E-state index contributed by atoms with van der Waals surface area (Å²) in [6.45, 7) is 1.50. The van der Waals surface area contributed by atoms with Gasteiger partial charge in [-0.15, -0.1) is 0 Å². The van der Waals surface area contributed by atoms with Crippen LogP contribution in [-0.4, -0.2) is 36.0 Å². The van der Waals surface area contributed by atoms with E-state index >= 15 is 0 Å². The molecule has 0 spiro atoms. The summed E-state index contributed by atoms with van der Waals surface area (Å²) in [5.41, 5.74) is 3.35. The first-order valence-corrected chi connectivity index (χ1v) is 9.62. The molecule has 0 radical (unpaired) electrons. The second-order valence-corrected chi connectivity index (χ2v) is 7.19. The second-order valence-electron chi connectivity index (χ2n) is 7.19. The predicted octanol–water partition coefficient (Wildman–Crippen LogP) is 4.24. The summed E-state index contributed by atoms with van der Waals surface area (Å²) in [4.78, 5) is 19.3. The third kappa shape index (κ3) is 3.91. The number of carbonyl (C=O) groups excluding carboxylic acids is 1. The van der Waals surface area contributed by atoms with Crippen molar-refractivity contribution in [1.29, 1.82) is 0 Å². The van der Waals surface area contributed by atoms with Crippen molar-refractivity contribution in [2.24, 2.45) is 0 Å². The van der Waals surface area contributed by atoms with Crippen molar-refractivity contribution in [2.45, 2.75) is 18.3 Å². The minimum atomic E-state index is 0.0357. The molecular formula is C24H24N2O2. The van der Waals surface area contributed by atoms with Gasteiger partial charge in [0.2, 0.25) is 5.91 Å². The minimum absolute atomic E-state index is 0.0357. The van der Waals surface area contributed by atoms with Crippen LogP contribution < -0.4 is 4.74 Å². The molecule has 142 valence electrons. The zero-order valence-electron chi connectivity index (χ0n) is 16.0. The second kappa shape index (κ2) is 8.26. The molecule has 1 unspecified atom stereocenters. The van der Waals surface area contributed by atoms with Gasteiger partial charge in [-0.2, -0.15) is 0 Å². The van der Waals surface area contributed by atoms with E-state index in [1.54, 1.807) is 7.11 Å². The molecule has 28 heavy (non-hydrogen) atoms. The van der Waals surface area contributed by atoms with Crippen LogP contribution in [0.5, 0.6) is 5.75 Å². The first-order chi connectivity index (χ1) is 13.7. The average molecular weight is 372 g/mol. The van der Waals surface area contributed by atoms with E-state index in [9.17, 15) is 4.79 Å². The monoisotopic (exact) mass is 372 g/mol. The Hall–Kier alpha value is -3.14. The van der Waals surface area contributed by atoms with Crippen molar-refractivity contribution in [3.63, 3.8) is 0 Å². The van der Waals surface area contributed by atoms with Gasteiger partial charge in [-0.25, -0.2) is 0 Å². The highest BCUT2D eigenvalue weighted by molar-refractivity contribution is 5.79. The molecule has 4 rings (SSSR count). The molecule has 3 aromatic rings. The van der Waals surface area contributed by atoms with E-state index in [1.165, 1.54) is 0 Å². The van der Waals surface area contributed by atoms with Crippen molar-refractivity contribution in [3.8, 4) is 5.75 Å². The largest absolute Gasteiger partial charge is 0.497 e. The summed E-state index contributed by atoms with van der Waals surface area (Å²) < 4.78 is 5.27. The Morgan fingerprint density at radius 1 is 1.00 bits per heavy atom. The summed E-state index contributed by atoms with van der Waals surface area (Å²) in [6, 6.07) is 24.2. The van der Waals surface area contributed by atoms with Gasteiger partial charge in [0.15, 0.2) is 0 Å². The molecule has 4 heteroatoms. The van der Waals surface area contributed by atoms with Crippen molar-refractivity contribution in [3.05, 3.63) is 95.8 Å². The first kappa shape index (κ1) is 18.2. The van der Waals surface area contributed by atoms with E-state index in [0.717, 1.165) is 35.7 Å². The number of methoxy groups -OCH3 is 1. The fraction of sp³-hybridized carbons (Fsp3) is 0.250. The van der Waals surface area contributed by atoms with Crippen LogP contribution in [0.1, 0.15) is 35.1 Å². The number of rotatable bonds is 6. The maximum absolute atomic E-state index is 13.0. The number of ether oxygens (including phenoxy) is 1. The Morgan fingerprint density at radius 2 is 1.68 bits per heavy atom. The van der Waals surface area contributed by atoms with Crippen molar-refractivity contribution >= 4 is 5.91 Å². The van der Waals surface area contributed by atoms with Gasteiger partial charge >= 0.3 is 0 Å². The molecular weight excluding hydrogens is 348 g/mol. The molecule has 0 bridgehead atoms. The highest BCUT2D eigenvalue weighted by atomic mass is 16.5. The van der Waals surface area contributed by atoms with E-state index in [4.69, 9.17) is 4.74 Å². The van der Waals surface area contributed by atoms with E-state index in [2.05, 4.69) is 29.2 Å². The number of pyridine rings is 1. The van der Waals surface area contributed by atoms with Crippen LogP contribution in [0.4, 0.5) is 0 Å². The molecule has 0 saturated carbocycles. The number of carbonyl (C=O) groups is 1. The highest BCUT2D eigenvalue weighted by Gasteiger charge is 2.33. The molecule has 2 heterocycles. The van der Waals surface area contributed by atoms with Crippen LogP contribution in [0.25, 0.3) is 0 Å². The van der Waals surface area contributed by atoms with E-state index < -0.39 is 0 Å². The van der Waals surface area contributed by atoms with Gasteiger partial charge in [0, 0.05) is 43.2 Å². The molecule has 1 aliphatic heterocycles. The molecule has 1 aliphatic rings. The number of amides is 1. The zero-order chi connectivity index (χ0) is 19.3. The van der Waals surface area contributed by atoms with E-state index in [0.29, 0.717) is 12.3 Å². The summed E-state index contributed by atoms with van der Waals surface area (Å²) in [5.74, 6) is 1.40. The Bertz CT molecular complexity index is 904. The standard InChI is InChI=1S/C24H24N2O2/c1-28-21-12-10-19(11-13-21)22(18-7-3-2-4-8-18)15-24(27)26-16-20(17-26)23-9-5-6-14-25-23/h2-14,20,22H,15-17H2,1H3. The van der Waals surface area contributed by atoms with Crippen molar-refractivity contribution in [2.75, 3.05) is 20.2 Å². The number of benzene rings is 2. The Labute approximate surface area is 165 Å². The Balaban J connectivity index is 1.47. The maximum Gasteiger partial charge on any atom is 0.223 e. The first-order valence-electron chi connectivity index (χ1n) is 9.62. The smallest absolute Gasteiger partial charge is 0.223 e. The number of hydrogen-bond donors (Lipinski definition) is 0. The van der Waals surface area contributed by atoms with Gasteiger partial charge in [0.05, 0.1) is 7.11 Å². The van der Waals surface area contributed by atoms with Crippen LogP contribution in [-0.2, 0) is 4.79 Å². The molecule has 0 aliphatic carbocycles. The normalized spacial score (nSPS) is 15.0. The van der Waals surface area contributed by atoms with Crippen molar-refractivity contribution < 1.29 is 9.53 Å². The zero-order valence-corrected chi connectivity index (χ0v) is 16.0. The average Bonchev–Trinajstić information content (AvgIpc) is 2.72. The lowest BCUT2D eigenvalue weighted by atomic mass is 9.87. The fourth-order valence-electron chi connectivity index (χ4n) is 3.74. The maximum atomic E-state index is 13.0. The van der Waals surface area contributed by atoms with Gasteiger partial charge in [0.1, 0.15) is 5.75 Å². The van der Waals surface area contributed by atoms with E-state index in [1.807, 2.05) is 59.6 Å². The lowest BCUT2D eigenvalue weighted by Gasteiger charge is -2.39. The number of likely N-dealkylation sites (tertiary alicyclic amines) is 1. The quantitative estimate of drug-likeness (QED) is 0.650. The van der Waals surface area contributed by atoms with E-state index in [-0.39, 0.29) is 11.8 Å². The van der Waals surface area contributed by atoms with Gasteiger partial charge in [0.25, 0.3) is 0 Å². The van der Waals surface area contributed by atoms with Crippen LogP contribution in [0.2, 0.25) is 0 Å².